The highest BCUT2D eigenvalue weighted by Crippen LogP contribution is 2.40. The number of hydrogen-bond acceptors (Lipinski definition) is 4. The molecule has 0 fully saturated rings. The Morgan fingerprint density at radius 3 is 2.45 bits per heavy atom. The zero-order valence-electron chi connectivity index (χ0n) is 13.6. The fourth-order valence-corrected chi connectivity index (χ4v) is 2.84. The van der Waals surface area contributed by atoms with Gasteiger partial charge >= 0.3 is 0 Å². The molecule has 118 valence electrons. The van der Waals surface area contributed by atoms with Crippen molar-refractivity contribution in [2.24, 2.45) is 10.6 Å². The van der Waals surface area contributed by atoms with Crippen LogP contribution in [0, 0.1) is 5.41 Å². The second-order valence-electron chi connectivity index (χ2n) is 6.33. The van der Waals surface area contributed by atoms with Crippen molar-refractivity contribution in [2.45, 2.75) is 26.7 Å². The molecule has 0 unspecified atom stereocenters. The van der Waals surface area contributed by atoms with E-state index in [2.05, 4.69) is 25.6 Å². The summed E-state index contributed by atoms with van der Waals surface area (Å²) in [7, 11) is 3.23. The van der Waals surface area contributed by atoms with Crippen LogP contribution in [-0.2, 0) is 0 Å². The number of oxime groups is 1. The third-order valence-electron chi connectivity index (χ3n) is 3.92. The summed E-state index contributed by atoms with van der Waals surface area (Å²) < 4.78 is 10.6. The minimum Gasteiger partial charge on any atom is -0.493 e. The smallest absolute Gasteiger partial charge is 0.161 e. The van der Waals surface area contributed by atoms with Crippen LogP contribution < -0.4 is 9.47 Å². The molecule has 2 rings (SSSR count). The number of ether oxygens (including phenoxy) is 2. The van der Waals surface area contributed by atoms with Gasteiger partial charge in [-0.05, 0) is 53.2 Å². The van der Waals surface area contributed by atoms with E-state index >= 15 is 0 Å². The summed E-state index contributed by atoms with van der Waals surface area (Å²) in [6.45, 7) is 8.53. The molecule has 0 spiro atoms. The second kappa shape index (κ2) is 6.26. The Labute approximate surface area is 131 Å². The van der Waals surface area contributed by atoms with Crippen molar-refractivity contribution in [1.82, 2.24) is 0 Å². The highest BCUT2D eigenvalue weighted by Gasteiger charge is 2.28. The molecular formula is C18H23NO3. The third-order valence-corrected chi connectivity index (χ3v) is 3.92. The Kier molecular flexibility index (Phi) is 4.59. The van der Waals surface area contributed by atoms with Crippen LogP contribution in [0.25, 0.3) is 5.57 Å². The molecule has 1 aliphatic rings. The average Bonchev–Trinajstić information content (AvgIpc) is 2.51. The van der Waals surface area contributed by atoms with E-state index in [1.807, 2.05) is 24.3 Å². The van der Waals surface area contributed by atoms with Crippen molar-refractivity contribution < 1.29 is 14.7 Å². The lowest BCUT2D eigenvalue weighted by molar-refractivity contribution is 0.308. The molecule has 0 atom stereocenters. The maximum Gasteiger partial charge on any atom is 0.161 e. The standard InChI is InChI=1S/C18H23NO3/c1-12(13-6-7-16(21-4)17(9-13)22-5)14-8-15(19-20)11-18(2,3)10-14/h6-9,20H,1,10-11H2,2-5H3/b19-15-. The maximum absolute atomic E-state index is 9.12. The highest BCUT2D eigenvalue weighted by atomic mass is 16.5. The van der Waals surface area contributed by atoms with Crippen molar-refractivity contribution in [3.63, 3.8) is 0 Å². The molecule has 0 aromatic heterocycles. The van der Waals surface area contributed by atoms with Crippen molar-refractivity contribution in [1.29, 1.82) is 0 Å². The third kappa shape index (κ3) is 3.32. The summed E-state index contributed by atoms with van der Waals surface area (Å²) in [5.74, 6) is 1.36. The topological polar surface area (TPSA) is 51.1 Å². The summed E-state index contributed by atoms with van der Waals surface area (Å²) in [6.07, 6.45) is 3.57. The van der Waals surface area contributed by atoms with Gasteiger partial charge in [0, 0.05) is 0 Å². The van der Waals surface area contributed by atoms with Gasteiger partial charge in [-0.25, -0.2) is 0 Å². The monoisotopic (exact) mass is 301 g/mol. The summed E-state index contributed by atoms with van der Waals surface area (Å²) in [5, 5.41) is 12.5. The molecule has 0 amide bonds. The van der Waals surface area contributed by atoms with Crippen LogP contribution in [0.15, 0.2) is 41.6 Å². The first-order valence-corrected chi connectivity index (χ1v) is 7.23. The Balaban J connectivity index is 2.37. The van der Waals surface area contributed by atoms with Crippen molar-refractivity contribution in [2.75, 3.05) is 14.2 Å². The lowest BCUT2D eigenvalue weighted by Gasteiger charge is -2.31. The highest BCUT2D eigenvalue weighted by molar-refractivity contribution is 6.00. The molecule has 0 saturated heterocycles. The van der Waals surface area contributed by atoms with Crippen molar-refractivity contribution in [3.8, 4) is 11.5 Å². The van der Waals surface area contributed by atoms with Crippen LogP contribution in [0.5, 0.6) is 11.5 Å². The van der Waals surface area contributed by atoms with E-state index in [0.29, 0.717) is 17.2 Å². The predicted octanol–water partition coefficient (Wildman–Crippen LogP) is 4.29. The zero-order valence-corrected chi connectivity index (χ0v) is 13.6. The van der Waals surface area contributed by atoms with Gasteiger partial charge in [-0.15, -0.1) is 0 Å². The van der Waals surface area contributed by atoms with Gasteiger partial charge in [-0.1, -0.05) is 31.6 Å². The van der Waals surface area contributed by atoms with E-state index in [0.717, 1.165) is 29.6 Å². The first-order chi connectivity index (χ1) is 10.4. The van der Waals surface area contributed by atoms with Crippen LogP contribution in [0.3, 0.4) is 0 Å². The predicted molar refractivity (Wildman–Crippen MR) is 88.9 cm³/mol. The normalized spacial score (nSPS) is 18.7. The van der Waals surface area contributed by atoms with E-state index < -0.39 is 0 Å². The van der Waals surface area contributed by atoms with Gasteiger partial charge < -0.3 is 14.7 Å². The van der Waals surface area contributed by atoms with E-state index in [-0.39, 0.29) is 5.41 Å². The Hall–Kier alpha value is -2.23. The fraction of sp³-hybridized carbons (Fsp3) is 0.389. The molecule has 4 nitrogen and oxygen atoms in total. The average molecular weight is 301 g/mol. The van der Waals surface area contributed by atoms with Crippen LogP contribution >= 0.6 is 0 Å². The quantitative estimate of drug-likeness (QED) is 0.666. The SMILES string of the molecule is C=C(C1=C/C(=N/O)CC(C)(C)C1)c1ccc(OC)c(OC)c1. The van der Waals surface area contributed by atoms with E-state index in [1.54, 1.807) is 14.2 Å². The van der Waals surface area contributed by atoms with Gasteiger partial charge in [0.25, 0.3) is 0 Å². The number of hydrogen-bond donors (Lipinski definition) is 1. The van der Waals surface area contributed by atoms with E-state index in [9.17, 15) is 0 Å². The lowest BCUT2D eigenvalue weighted by atomic mass is 9.74. The van der Waals surface area contributed by atoms with Crippen molar-refractivity contribution in [3.05, 3.63) is 42.0 Å². The largest absolute Gasteiger partial charge is 0.493 e. The van der Waals surface area contributed by atoms with Gasteiger partial charge in [0.2, 0.25) is 0 Å². The molecule has 0 saturated carbocycles. The Morgan fingerprint density at radius 2 is 1.86 bits per heavy atom. The van der Waals surface area contributed by atoms with E-state index in [1.165, 1.54) is 0 Å². The number of nitrogens with zero attached hydrogens (tertiary/aromatic N) is 1. The summed E-state index contributed by atoms with van der Waals surface area (Å²) in [6, 6.07) is 5.75. The number of benzene rings is 1. The molecule has 0 heterocycles. The lowest BCUT2D eigenvalue weighted by Crippen LogP contribution is -2.22. The molecule has 1 aromatic carbocycles. The van der Waals surface area contributed by atoms with Gasteiger partial charge in [0.05, 0.1) is 19.9 Å². The molecule has 1 N–H and O–H groups in total. The minimum absolute atomic E-state index is 0.0468. The molecular weight excluding hydrogens is 278 g/mol. The molecule has 0 radical (unpaired) electrons. The number of allylic oxidation sites excluding steroid dienone is 3. The zero-order chi connectivity index (χ0) is 16.3. The molecule has 0 aliphatic heterocycles. The fourth-order valence-electron chi connectivity index (χ4n) is 2.84. The van der Waals surface area contributed by atoms with Crippen molar-refractivity contribution >= 4 is 11.3 Å². The molecule has 22 heavy (non-hydrogen) atoms. The number of methoxy groups -OCH3 is 2. The molecule has 1 aliphatic carbocycles. The van der Waals surface area contributed by atoms with Gasteiger partial charge in [-0.2, -0.15) is 0 Å². The number of rotatable bonds is 4. The van der Waals surface area contributed by atoms with Gasteiger partial charge in [0.1, 0.15) is 0 Å². The first-order valence-electron chi connectivity index (χ1n) is 7.23. The van der Waals surface area contributed by atoms with Gasteiger partial charge in [0.15, 0.2) is 11.5 Å². The van der Waals surface area contributed by atoms with Crippen LogP contribution in [0.2, 0.25) is 0 Å². The molecule has 1 aromatic rings. The second-order valence-corrected chi connectivity index (χ2v) is 6.33. The summed E-state index contributed by atoms with van der Waals surface area (Å²) >= 11 is 0. The molecule has 4 heteroatoms. The summed E-state index contributed by atoms with van der Waals surface area (Å²) in [4.78, 5) is 0. The Morgan fingerprint density at radius 1 is 1.18 bits per heavy atom. The minimum atomic E-state index is 0.0468. The van der Waals surface area contributed by atoms with Crippen LogP contribution in [-0.4, -0.2) is 25.1 Å². The van der Waals surface area contributed by atoms with E-state index in [4.69, 9.17) is 14.7 Å². The molecule has 0 bridgehead atoms. The first kappa shape index (κ1) is 16.1. The van der Waals surface area contributed by atoms with Crippen LogP contribution in [0.1, 0.15) is 32.3 Å². The van der Waals surface area contributed by atoms with Gasteiger partial charge in [-0.3, -0.25) is 0 Å². The maximum atomic E-state index is 9.12. The van der Waals surface area contributed by atoms with Crippen LogP contribution in [0.4, 0.5) is 0 Å². The Bertz CT molecular complexity index is 642. The summed E-state index contributed by atoms with van der Waals surface area (Å²) in [5.41, 5.74) is 3.70.